The molecule has 0 saturated heterocycles. The number of halogens is 1. The van der Waals surface area contributed by atoms with Gasteiger partial charge in [-0.3, -0.25) is 4.79 Å². The first-order valence-corrected chi connectivity index (χ1v) is 8.17. The van der Waals surface area contributed by atoms with Crippen molar-refractivity contribution in [3.8, 4) is 5.75 Å². The first-order valence-electron chi connectivity index (χ1n) is 7.38. The maximum absolute atomic E-state index is 11.9. The van der Waals surface area contributed by atoms with Gasteiger partial charge >= 0.3 is 0 Å². The Morgan fingerprint density at radius 2 is 2.05 bits per heavy atom. The van der Waals surface area contributed by atoms with Crippen molar-refractivity contribution in [1.29, 1.82) is 0 Å². The van der Waals surface area contributed by atoms with E-state index in [0.717, 1.165) is 28.9 Å². The molecule has 0 spiro atoms. The zero-order chi connectivity index (χ0) is 15.8. The fraction of sp³-hybridized carbons (Fsp3) is 0.562. The lowest BCUT2D eigenvalue weighted by molar-refractivity contribution is -0.130. The van der Waals surface area contributed by atoms with Crippen LogP contribution < -0.4 is 10.1 Å². The van der Waals surface area contributed by atoms with Crippen LogP contribution in [-0.2, 0) is 4.79 Å². The van der Waals surface area contributed by atoms with Crippen molar-refractivity contribution in [2.24, 2.45) is 0 Å². The molecule has 0 aliphatic heterocycles. The van der Waals surface area contributed by atoms with Gasteiger partial charge in [0.25, 0.3) is 0 Å². The summed E-state index contributed by atoms with van der Waals surface area (Å²) in [6.07, 6.45) is 0.531. The molecule has 1 amide bonds. The van der Waals surface area contributed by atoms with E-state index >= 15 is 0 Å². The maximum atomic E-state index is 11.9. The highest BCUT2D eigenvalue weighted by molar-refractivity contribution is 9.10. The molecule has 1 aromatic carbocycles. The van der Waals surface area contributed by atoms with Gasteiger partial charge < -0.3 is 15.0 Å². The predicted molar refractivity (Wildman–Crippen MR) is 89.7 cm³/mol. The molecule has 21 heavy (non-hydrogen) atoms. The van der Waals surface area contributed by atoms with Crippen LogP contribution in [0.2, 0.25) is 0 Å². The molecule has 118 valence electrons. The van der Waals surface area contributed by atoms with E-state index in [-0.39, 0.29) is 11.9 Å². The third-order valence-corrected chi connectivity index (χ3v) is 4.20. The van der Waals surface area contributed by atoms with Crippen molar-refractivity contribution in [3.05, 3.63) is 28.2 Å². The largest absolute Gasteiger partial charge is 0.496 e. The predicted octanol–water partition coefficient (Wildman–Crippen LogP) is 3.37. The number of nitrogens with zero attached hydrogens (tertiary/aromatic N) is 1. The molecule has 0 aliphatic carbocycles. The summed E-state index contributed by atoms with van der Waals surface area (Å²) in [5.74, 6) is 1.03. The van der Waals surface area contributed by atoms with Crippen LogP contribution in [0.5, 0.6) is 5.75 Å². The van der Waals surface area contributed by atoms with Crippen molar-refractivity contribution in [2.45, 2.75) is 33.2 Å². The van der Waals surface area contributed by atoms with Crippen molar-refractivity contribution in [1.82, 2.24) is 10.2 Å². The molecular weight excluding hydrogens is 332 g/mol. The standard InChI is InChI=1S/C16H25BrN2O2/c1-5-19(6-2)16(20)9-10-18-12(3)13-7-8-15(21-4)14(17)11-13/h7-8,11-12,18H,5-6,9-10H2,1-4H3. The van der Waals surface area contributed by atoms with Crippen molar-refractivity contribution >= 4 is 21.8 Å². The number of ether oxygens (including phenoxy) is 1. The second-order valence-electron chi connectivity index (χ2n) is 4.89. The Morgan fingerprint density at radius 1 is 1.38 bits per heavy atom. The maximum Gasteiger partial charge on any atom is 0.223 e. The molecule has 1 unspecified atom stereocenters. The number of hydrogen-bond acceptors (Lipinski definition) is 3. The van der Waals surface area contributed by atoms with Crippen molar-refractivity contribution < 1.29 is 9.53 Å². The van der Waals surface area contributed by atoms with E-state index < -0.39 is 0 Å². The summed E-state index contributed by atoms with van der Waals surface area (Å²) in [7, 11) is 1.65. The Bertz CT molecular complexity index is 462. The van der Waals surface area contributed by atoms with Gasteiger partial charge in [0.05, 0.1) is 11.6 Å². The van der Waals surface area contributed by atoms with Gasteiger partial charge in [-0.1, -0.05) is 6.07 Å². The first kappa shape index (κ1) is 18.0. The van der Waals surface area contributed by atoms with Gasteiger partial charge in [0, 0.05) is 32.1 Å². The molecule has 5 heteroatoms. The quantitative estimate of drug-likeness (QED) is 0.776. The van der Waals surface area contributed by atoms with E-state index in [9.17, 15) is 4.79 Å². The van der Waals surface area contributed by atoms with E-state index in [0.29, 0.717) is 13.0 Å². The number of benzene rings is 1. The number of hydrogen-bond donors (Lipinski definition) is 1. The summed E-state index contributed by atoms with van der Waals surface area (Å²) in [5, 5.41) is 3.39. The summed E-state index contributed by atoms with van der Waals surface area (Å²) in [6, 6.07) is 6.21. The fourth-order valence-electron chi connectivity index (χ4n) is 2.20. The normalized spacial score (nSPS) is 12.0. The van der Waals surface area contributed by atoms with Crippen LogP contribution in [0, 0.1) is 0 Å². The van der Waals surface area contributed by atoms with Gasteiger partial charge in [0.15, 0.2) is 0 Å². The molecule has 1 aromatic rings. The number of carbonyl (C=O) groups excluding carboxylic acids is 1. The fourth-order valence-corrected chi connectivity index (χ4v) is 2.76. The van der Waals surface area contributed by atoms with E-state index in [4.69, 9.17) is 4.74 Å². The van der Waals surface area contributed by atoms with Crippen molar-refractivity contribution in [3.63, 3.8) is 0 Å². The van der Waals surface area contributed by atoms with E-state index in [2.05, 4.69) is 28.2 Å². The third kappa shape index (κ3) is 5.32. The minimum atomic E-state index is 0.191. The first-order chi connectivity index (χ1) is 10.0. The van der Waals surface area contributed by atoms with E-state index in [1.807, 2.05) is 36.9 Å². The van der Waals surface area contributed by atoms with Gasteiger partial charge in [0.2, 0.25) is 5.91 Å². The molecular formula is C16H25BrN2O2. The zero-order valence-corrected chi connectivity index (χ0v) is 14.9. The molecule has 4 nitrogen and oxygen atoms in total. The monoisotopic (exact) mass is 356 g/mol. The second kappa shape index (κ2) is 9.05. The minimum Gasteiger partial charge on any atom is -0.496 e. The van der Waals surface area contributed by atoms with Gasteiger partial charge in [-0.15, -0.1) is 0 Å². The van der Waals surface area contributed by atoms with Gasteiger partial charge in [-0.2, -0.15) is 0 Å². The molecule has 0 heterocycles. The second-order valence-corrected chi connectivity index (χ2v) is 5.74. The Labute approximate surface area is 136 Å². The highest BCUT2D eigenvalue weighted by Gasteiger charge is 2.11. The van der Waals surface area contributed by atoms with E-state index in [1.165, 1.54) is 0 Å². The topological polar surface area (TPSA) is 41.6 Å². The summed E-state index contributed by atoms with van der Waals surface area (Å²) < 4.78 is 6.17. The number of nitrogens with one attached hydrogen (secondary N) is 1. The third-order valence-electron chi connectivity index (χ3n) is 3.58. The molecule has 0 radical (unpaired) electrons. The highest BCUT2D eigenvalue weighted by Crippen LogP contribution is 2.27. The van der Waals surface area contributed by atoms with Crippen LogP contribution in [0.25, 0.3) is 0 Å². The Balaban J connectivity index is 2.49. The van der Waals surface area contributed by atoms with Crippen molar-refractivity contribution in [2.75, 3.05) is 26.7 Å². The van der Waals surface area contributed by atoms with Crippen LogP contribution in [0.4, 0.5) is 0 Å². The minimum absolute atomic E-state index is 0.191. The van der Waals surface area contributed by atoms with Crippen LogP contribution in [0.3, 0.4) is 0 Å². The van der Waals surface area contributed by atoms with Gasteiger partial charge in [0.1, 0.15) is 5.75 Å². The summed E-state index contributed by atoms with van der Waals surface area (Å²) in [5.41, 5.74) is 1.16. The van der Waals surface area contributed by atoms with Crippen LogP contribution in [0.1, 0.15) is 38.8 Å². The molecule has 1 N–H and O–H groups in total. The lowest BCUT2D eigenvalue weighted by Crippen LogP contribution is -2.33. The van der Waals surface area contributed by atoms with Crippen LogP contribution >= 0.6 is 15.9 Å². The van der Waals surface area contributed by atoms with E-state index in [1.54, 1.807) is 7.11 Å². The lowest BCUT2D eigenvalue weighted by Gasteiger charge is -2.20. The molecule has 0 bridgehead atoms. The molecule has 0 saturated carbocycles. The van der Waals surface area contributed by atoms with Gasteiger partial charge in [-0.25, -0.2) is 0 Å². The Morgan fingerprint density at radius 3 is 2.57 bits per heavy atom. The zero-order valence-electron chi connectivity index (χ0n) is 13.3. The van der Waals surface area contributed by atoms with Crippen LogP contribution in [0.15, 0.2) is 22.7 Å². The lowest BCUT2D eigenvalue weighted by atomic mass is 10.1. The Hall–Kier alpha value is -1.07. The molecule has 0 fully saturated rings. The number of amides is 1. The Kier molecular flexibility index (Phi) is 7.75. The molecule has 1 atom stereocenters. The summed E-state index contributed by atoms with van der Waals surface area (Å²) in [4.78, 5) is 13.8. The van der Waals surface area contributed by atoms with Gasteiger partial charge in [-0.05, 0) is 54.4 Å². The molecule has 0 aromatic heterocycles. The number of methoxy groups -OCH3 is 1. The molecule has 0 aliphatic rings. The van der Waals surface area contributed by atoms with Crippen LogP contribution in [-0.4, -0.2) is 37.6 Å². The summed E-state index contributed by atoms with van der Waals surface area (Å²) in [6.45, 7) is 8.33. The highest BCUT2D eigenvalue weighted by atomic mass is 79.9. The SMILES string of the molecule is CCN(CC)C(=O)CCNC(C)c1ccc(OC)c(Br)c1. The number of carbonyl (C=O) groups is 1. The summed E-state index contributed by atoms with van der Waals surface area (Å²) >= 11 is 3.49. The average Bonchev–Trinajstić information content (AvgIpc) is 2.48. The smallest absolute Gasteiger partial charge is 0.223 e. The number of rotatable bonds is 8. The molecule has 1 rings (SSSR count). The average molecular weight is 357 g/mol.